The van der Waals surface area contributed by atoms with Crippen molar-refractivity contribution >= 4 is 28.5 Å². The average Bonchev–Trinajstić information content (AvgIpc) is 2.62. The van der Waals surface area contributed by atoms with Gasteiger partial charge in [-0.1, -0.05) is 18.2 Å². The maximum atomic E-state index is 11.8. The summed E-state index contributed by atoms with van der Waals surface area (Å²) in [6.07, 6.45) is 0. The molecule has 0 spiro atoms. The fourth-order valence-corrected chi connectivity index (χ4v) is 1.95. The maximum Gasteiger partial charge on any atom is 0.356 e. The molecule has 18 heavy (non-hydrogen) atoms. The van der Waals surface area contributed by atoms with Gasteiger partial charge in [0.15, 0.2) is 11.7 Å². The number of fused-ring (bicyclic) bond motifs is 1. The van der Waals surface area contributed by atoms with Crippen LogP contribution in [0.15, 0.2) is 29.3 Å². The predicted octanol–water partition coefficient (Wildman–Crippen LogP) is 0.870. The highest BCUT2D eigenvalue weighted by Gasteiger charge is 2.21. The number of hydrogen-bond donors (Lipinski definition) is 2. The summed E-state index contributed by atoms with van der Waals surface area (Å²) in [4.78, 5) is 15.8. The molecule has 0 aliphatic carbocycles. The number of benzene rings is 1. The Hall–Kier alpha value is -2.50. The summed E-state index contributed by atoms with van der Waals surface area (Å²) in [5.74, 6) is -0.579. The van der Waals surface area contributed by atoms with E-state index in [1.165, 1.54) is 7.11 Å². The molecule has 0 radical (unpaired) electrons. The van der Waals surface area contributed by atoms with Gasteiger partial charge in [0.25, 0.3) is 0 Å². The smallest absolute Gasteiger partial charge is 0.356 e. The van der Waals surface area contributed by atoms with Crippen molar-refractivity contribution in [3.05, 3.63) is 30.0 Å². The normalized spacial score (nSPS) is 10.3. The molecule has 1 heterocycles. The van der Waals surface area contributed by atoms with Crippen LogP contribution in [0.2, 0.25) is 0 Å². The van der Waals surface area contributed by atoms with Crippen LogP contribution in [0, 0.1) is 0 Å². The van der Waals surface area contributed by atoms with E-state index in [0.717, 1.165) is 10.9 Å². The molecular formula is C12H14N4O2. The number of aliphatic imine (C=N–C) groups is 1. The zero-order valence-electron chi connectivity index (χ0n) is 10.2. The third-order valence-corrected chi connectivity index (χ3v) is 2.70. The van der Waals surface area contributed by atoms with Gasteiger partial charge in [-0.2, -0.15) is 0 Å². The van der Waals surface area contributed by atoms with Crippen molar-refractivity contribution in [1.82, 2.24) is 4.57 Å². The van der Waals surface area contributed by atoms with Gasteiger partial charge in [0.2, 0.25) is 0 Å². The minimum Gasteiger partial charge on any atom is -0.464 e. The fraction of sp³-hybridized carbons (Fsp3) is 0.167. The van der Waals surface area contributed by atoms with E-state index in [4.69, 9.17) is 16.2 Å². The van der Waals surface area contributed by atoms with Crippen molar-refractivity contribution in [2.45, 2.75) is 0 Å². The van der Waals surface area contributed by atoms with E-state index in [2.05, 4.69) is 4.99 Å². The molecule has 0 amide bonds. The van der Waals surface area contributed by atoms with E-state index in [9.17, 15) is 4.79 Å². The molecule has 2 rings (SSSR count). The van der Waals surface area contributed by atoms with Gasteiger partial charge in [-0.15, -0.1) is 0 Å². The van der Waals surface area contributed by atoms with Crippen molar-refractivity contribution in [2.75, 3.05) is 7.11 Å². The largest absolute Gasteiger partial charge is 0.464 e. The third-order valence-electron chi connectivity index (χ3n) is 2.70. The monoisotopic (exact) mass is 246 g/mol. The highest BCUT2D eigenvalue weighted by Crippen LogP contribution is 2.32. The molecule has 0 fully saturated rings. The third kappa shape index (κ3) is 1.77. The highest BCUT2D eigenvalue weighted by atomic mass is 16.5. The summed E-state index contributed by atoms with van der Waals surface area (Å²) in [5, 5.41) is 0.800. The predicted molar refractivity (Wildman–Crippen MR) is 69.7 cm³/mol. The summed E-state index contributed by atoms with van der Waals surface area (Å²) < 4.78 is 6.47. The Morgan fingerprint density at radius 3 is 2.61 bits per heavy atom. The van der Waals surface area contributed by atoms with Gasteiger partial charge in [0.1, 0.15) is 5.69 Å². The van der Waals surface area contributed by atoms with Crippen LogP contribution in [-0.2, 0) is 11.8 Å². The first kappa shape index (κ1) is 12.0. The molecule has 0 saturated heterocycles. The highest BCUT2D eigenvalue weighted by molar-refractivity contribution is 6.07. The SMILES string of the molecule is COC(=O)c1c(N=C(N)N)c2ccccc2n1C. The molecule has 1 aromatic heterocycles. The van der Waals surface area contributed by atoms with Crippen LogP contribution in [0.3, 0.4) is 0 Å². The second-order valence-corrected chi connectivity index (χ2v) is 3.80. The number of nitrogens with two attached hydrogens (primary N) is 2. The second kappa shape index (κ2) is 4.40. The van der Waals surface area contributed by atoms with Crippen molar-refractivity contribution in [2.24, 2.45) is 23.5 Å². The van der Waals surface area contributed by atoms with Gasteiger partial charge in [-0.3, -0.25) is 0 Å². The lowest BCUT2D eigenvalue weighted by Crippen LogP contribution is -2.22. The molecule has 6 heteroatoms. The van der Waals surface area contributed by atoms with Crippen LogP contribution in [0.25, 0.3) is 10.9 Å². The van der Waals surface area contributed by atoms with E-state index in [0.29, 0.717) is 11.4 Å². The first-order valence-electron chi connectivity index (χ1n) is 5.31. The summed E-state index contributed by atoms with van der Waals surface area (Å²) in [6.45, 7) is 0. The molecule has 4 N–H and O–H groups in total. The Balaban J connectivity index is 2.86. The number of carbonyl (C=O) groups is 1. The lowest BCUT2D eigenvalue weighted by atomic mass is 10.2. The molecule has 0 unspecified atom stereocenters. The van der Waals surface area contributed by atoms with Gasteiger partial charge in [-0.05, 0) is 6.07 Å². The quantitative estimate of drug-likeness (QED) is 0.467. The standard InChI is InChI=1S/C12H14N4O2/c1-16-8-6-4-3-5-7(8)9(15-12(13)14)10(16)11(17)18-2/h3-6H,1-2H3,(H4,13,14,15). The van der Waals surface area contributed by atoms with Crippen LogP contribution in [0.1, 0.15) is 10.5 Å². The number of aryl methyl sites for hydroxylation is 1. The van der Waals surface area contributed by atoms with E-state index in [1.54, 1.807) is 11.6 Å². The zero-order valence-corrected chi connectivity index (χ0v) is 10.2. The van der Waals surface area contributed by atoms with E-state index in [1.807, 2.05) is 24.3 Å². The summed E-state index contributed by atoms with van der Waals surface area (Å²) in [5.41, 5.74) is 12.4. The molecule has 6 nitrogen and oxygen atoms in total. The number of ether oxygens (including phenoxy) is 1. The zero-order chi connectivity index (χ0) is 13.3. The first-order chi connectivity index (χ1) is 8.56. The summed E-state index contributed by atoms with van der Waals surface area (Å²) in [7, 11) is 3.08. The summed E-state index contributed by atoms with van der Waals surface area (Å²) in [6, 6.07) is 7.47. The number of methoxy groups -OCH3 is 1. The molecule has 94 valence electrons. The summed E-state index contributed by atoms with van der Waals surface area (Å²) >= 11 is 0. The molecule has 0 atom stereocenters. The van der Waals surface area contributed by atoms with Crippen LogP contribution >= 0.6 is 0 Å². The van der Waals surface area contributed by atoms with Crippen LogP contribution < -0.4 is 11.5 Å². The first-order valence-corrected chi connectivity index (χ1v) is 5.31. The van der Waals surface area contributed by atoms with E-state index < -0.39 is 5.97 Å². The fourth-order valence-electron chi connectivity index (χ4n) is 1.95. The van der Waals surface area contributed by atoms with Gasteiger partial charge in [-0.25, -0.2) is 9.79 Å². The lowest BCUT2D eigenvalue weighted by molar-refractivity contribution is 0.0591. The number of para-hydroxylation sites is 1. The van der Waals surface area contributed by atoms with E-state index >= 15 is 0 Å². The maximum absolute atomic E-state index is 11.8. The Kier molecular flexibility index (Phi) is 2.93. The van der Waals surface area contributed by atoms with Gasteiger partial charge < -0.3 is 20.8 Å². The van der Waals surface area contributed by atoms with Gasteiger partial charge >= 0.3 is 5.97 Å². The minimum atomic E-state index is -0.478. The number of aromatic nitrogens is 1. The van der Waals surface area contributed by atoms with Crippen LogP contribution in [-0.4, -0.2) is 23.6 Å². The van der Waals surface area contributed by atoms with Crippen molar-refractivity contribution < 1.29 is 9.53 Å². The Morgan fingerprint density at radius 2 is 2.00 bits per heavy atom. The molecule has 0 aliphatic rings. The Bertz CT molecular complexity index is 639. The second-order valence-electron chi connectivity index (χ2n) is 3.80. The van der Waals surface area contributed by atoms with Crippen molar-refractivity contribution in [3.63, 3.8) is 0 Å². The van der Waals surface area contributed by atoms with Crippen LogP contribution in [0.5, 0.6) is 0 Å². The molecular weight excluding hydrogens is 232 g/mol. The molecule has 0 aliphatic heterocycles. The number of hydrogen-bond acceptors (Lipinski definition) is 3. The van der Waals surface area contributed by atoms with Gasteiger partial charge in [0.05, 0.1) is 12.6 Å². The number of rotatable bonds is 2. The Labute approximate surface area is 104 Å². The van der Waals surface area contributed by atoms with Gasteiger partial charge in [0, 0.05) is 12.4 Å². The average molecular weight is 246 g/mol. The molecule has 2 aromatic rings. The number of guanidine groups is 1. The van der Waals surface area contributed by atoms with Crippen molar-refractivity contribution in [1.29, 1.82) is 0 Å². The molecule has 0 saturated carbocycles. The molecule has 0 bridgehead atoms. The number of nitrogens with zero attached hydrogens (tertiary/aromatic N) is 2. The van der Waals surface area contributed by atoms with E-state index in [-0.39, 0.29) is 5.96 Å². The minimum absolute atomic E-state index is 0.100. The van der Waals surface area contributed by atoms with Crippen molar-refractivity contribution in [3.8, 4) is 0 Å². The van der Waals surface area contributed by atoms with Crippen LogP contribution in [0.4, 0.5) is 5.69 Å². The lowest BCUT2D eigenvalue weighted by Gasteiger charge is -2.02. The topological polar surface area (TPSA) is 95.6 Å². The number of carbonyl (C=O) groups excluding carboxylic acids is 1. The Morgan fingerprint density at radius 1 is 1.33 bits per heavy atom. The molecule has 1 aromatic carbocycles. The number of esters is 1.